The Kier molecular flexibility index (Phi) is 11.2. The van der Waals surface area contributed by atoms with Gasteiger partial charge in [-0.2, -0.15) is 11.8 Å². The largest absolute Gasteiger partial charge is 0.444 e. The first kappa shape index (κ1) is 32.0. The van der Waals surface area contributed by atoms with Crippen LogP contribution in [0.4, 0.5) is 10.5 Å². The molecule has 0 bridgehead atoms. The Balaban J connectivity index is 2.03. The Morgan fingerprint density at radius 3 is 2.34 bits per heavy atom. The molecule has 0 heterocycles. The molecule has 2 atom stereocenters. The molecule has 0 aromatic heterocycles. The number of carbonyl (C=O) groups excluding carboxylic acids is 3. The molecule has 0 radical (unpaired) electrons. The van der Waals surface area contributed by atoms with E-state index < -0.39 is 23.8 Å². The van der Waals surface area contributed by atoms with E-state index in [1.54, 1.807) is 37.4 Å². The van der Waals surface area contributed by atoms with Gasteiger partial charge in [-0.3, -0.25) is 9.59 Å². The van der Waals surface area contributed by atoms with Gasteiger partial charge in [-0.1, -0.05) is 61.0 Å². The number of ether oxygens (including phenoxy) is 1. The lowest BCUT2D eigenvalue weighted by Crippen LogP contribution is -2.53. The normalized spacial score (nSPS) is 12.9. The van der Waals surface area contributed by atoms with Gasteiger partial charge in [-0.15, -0.1) is 0 Å². The molecule has 3 aromatic carbocycles. The Morgan fingerprint density at radius 1 is 0.976 bits per heavy atom. The van der Waals surface area contributed by atoms with Crippen LogP contribution in [0.25, 0.3) is 10.8 Å². The molecular weight excluding hydrogens is 534 g/mol. The van der Waals surface area contributed by atoms with Gasteiger partial charge in [0.05, 0.1) is 0 Å². The topological polar surface area (TPSA) is 87.7 Å². The molecule has 0 aliphatic rings. The highest BCUT2D eigenvalue weighted by atomic mass is 32.2. The highest BCUT2D eigenvalue weighted by Gasteiger charge is 2.36. The molecule has 2 unspecified atom stereocenters. The molecule has 0 spiro atoms. The van der Waals surface area contributed by atoms with E-state index in [1.165, 1.54) is 0 Å². The lowest BCUT2D eigenvalue weighted by atomic mass is 9.95. The van der Waals surface area contributed by atoms with Crippen LogP contribution >= 0.6 is 11.8 Å². The third-order valence-corrected chi connectivity index (χ3v) is 7.30. The van der Waals surface area contributed by atoms with Crippen LogP contribution in [0.2, 0.25) is 0 Å². The third kappa shape index (κ3) is 8.98. The van der Waals surface area contributed by atoms with Gasteiger partial charge in [0.25, 0.3) is 5.91 Å². The summed E-state index contributed by atoms with van der Waals surface area (Å²) in [4.78, 5) is 42.8. The van der Waals surface area contributed by atoms with E-state index in [4.69, 9.17) is 4.74 Å². The summed E-state index contributed by atoms with van der Waals surface area (Å²) in [6, 6.07) is 17.9. The minimum Gasteiger partial charge on any atom is -0.444 e. The highest BCUT2D eigenvalue weighted by Crippen LogP contribution is 2.29. The van der Waals surface area contributed by atoms with Crippen molar-refractivity contribution < 1.29 is 19.1 Å². The van der Waals surface area contributed by atoms with E-state index in [9.17, 15) is 14.4 Å². The number of thioether (sulfide) groups is 1. The van der Waals surface area contributed by atoms with E-state index in [1.807, 2.05) is 87.7 Å². The van der Waals surface area contributed by atoms with Crippen LogP contribution in [0.15, 0.2) is 60.7 Å². The smallest absolute Gasteiger partial charge is 0.408 e. The van der Waals surface area contributed by atoms with Crippen molar-refractivity contribution in [2.24, 2.45) is 0 Å². The standard InChI is InChI=1S/C33H43N3O4S/c1-8-18-36(31(38)28(17-19-41-7)35-32(39)40-33(4,5)6)29(27-20-22(2)13-14-23(27)3)30(37)34-26-16-15-24-11-9-10-12-25(24)21-26/h9-16,20-21,28-29H,8,17-19H2,1-7H3,(H,34,37)(H,35,39). The predicted octanol–water partition coefficient (Wildman–Crippen LogP) is 7.02. The lowest BCUT2D eigenvalue weighted by molar-refractivity contribution is -0.140. The van der Waals surface area contributed by atoms with E-state index >= 15 is 0 Å². The number of hydrogen-bond acceptors (Lipinski definition) is 5. The molecule has 3 aromatic rings. The van der Waals surface area contributed by atoms with Gasteiger partial charge in [-0.05, 0) is 93.5 Å². The summed E-state index contributed by atoms with van der Waals surface area (Å²) in [5.41, 5.74) is 2.60. The highest BCUT2D eigenvalue weighted by molar-refractivity contribution is 7.98. The van der Waals surface area contributed by atoms with Gasteiger partial charge in [0, 0.05) is 12.2 Å². The molecule has 220 valence electrons. The van der Waals surface area contributed by atoms with Crippen molar-refractivity contribution in [3.8, 4) is 0 Å². The second-order valence-corrected chi connectivity index (χ2v) is 12.3. The van der Waals surface area contributed by atoms with Gasteiger partial charge in [0.15, 0.2) is 0 Å². The van der Waals surface area contributed by atoms with E-state index in [0.717, 1.165) is 27.5 Å². The number of hydrogen-bond donors (Lipinski definition) is 2. The van der Waals surface area contributed by atoms with Crippen molar-refractivity contribution in [1.82, 2.24) is 10.2 Å². The Morgan fingerprint density at radius 2 is 1.68 bits per heavy atom. The molecule has 0 aliphatic carbocycles. The quantitative estimate of drug-likeness (QED) is 0.256. The number of nitrogens with one attached hydrogen (secondary N) is 2. The fraction of sp³-hybridized carbons (Fsp3) is 0.424. The molecule has 0 saturated carbocycles. The maximum atomic E-state index is 14.2. The van der Waals surface area contributed by atoms with Crippen LogP contribution in [0.1, 0.15) is 63.3 Å². The van der Waals surface area contributed by atoms with Crippen LogP contribution in [-0.2, 0) is 14.3 Å². The molecule has 7 nitrogen and oxygen atoms in total. The fourth-order valence-electron chi connectivity index (χ4n) is 4.73. The van der Waals surface area contributed by atoms with E-state index in [2.05, 4.69) is 10.6 Å². The zero-order valence-corrected chi connectivity index (χ0v) is 26.1. The summed E-state index contributed by atoms with van der Waals surface area (Å²) in [5.74, 6) is 0.0341. The average molecular weight is 578 g/mol. The number of alkyl carbamates (subject to hydrolysis) is 1. The fourth-order valence-corrected chi connectivity index (χ4v) is 5.20. The second kappa shape index (κ2) is 14.4. The average Bonchev–Trinajstić information content (AvgIpc) is 2.91. The maximum absolute atomic E-state index is 14.2. The first-order valence-electron chi connectivity index (χ1n) is 14.1. The Labute approximate surface area is 248 Å². The summed E-state index contributed by atoms with van der Waals surface area (Å²) in [7, 11) is 0. The van der Waals surface area contributed by atoms with Crippen molar-refractivity contribution in [3.05, 3.63) is 77.4 Å². The number of carbonyl (C=O) groups is 3. The number of anilines is 1. The second-order valence-electron chi connectivity index (χ2n) is 11.3. The minimum atomic E-state index is -0.897. The predicted molar refractivity (Wildman–Crippen MR) is 169 cm³/mol. The van der Waals surface area contributed by atoms with Crippen molar-refractivity contribution in [2.45, 2.75) is 72.1 Å². The van der Waals surface area contributed by atoms with Crippen LogP contribution in [-0.4, -0.2) is 53.0 Å². The first-order chi connectivity index (χ1) is 19.4. The van der Waals surface area contributed by atoms with E-state index in [0.29, 0.717) is 30.8 Å². The summed E-state index contributed by atoms with van der Waals surface area (Å²) in [5, 5.41) is 7.95. The molecular formula is C33H43N3O4S. The zero-order valence-electron chi connectivity index (χ0n) is 25.2. The van der Waals surface area contributed by atoms with Crippen molar-refractivity contribution >= 4 is 46.1 Å². The summed E-state index contributed by atoms with van der Waals surface area (Å²) in [6.45, 7) is 11.6. The number of benzene rings is 3. The van der Waals surface area contributed by atoms with Gasteiger partial charge >= 0.3 is 6.09 Å². The molecule has 0 fully saturated rings. The molecule has 0 saturated heterocycles. The van der Waals surface area contributed by atoms with Crippen LogP contribution in [0.5, 0.6) is 0 Å². The van der Waals surface area contributed by atoms with Gasteiger partial charge in [0.1, 0.15) is 17.7 Å². The zero-order chi connectivity index (χ0) is 30.2. The monoisotopic (exact) mass is 577 g/mol. The van der Waals surface area contributed by atoms with Crippen molar-refractivity contribution in [1.29, 1.82) is 0 Å². The molecule has 0 aliphatic heterocycles. The number of rotatable bonds is 11. The molecule has 41 heavy (non-hydrogen) atoms. The van der Waals surface area contributed by atoms with Gasteiger partial charge in [-0.25, -0.2) is 4.79 Å². The number of nitrogens with zero attached hydrogens (tertiary/aromatic N) is 1. The number of aryl methyl sites for hydroxylation is 2. The molecule has 2 N–H and O–H groups in total. The Hall–Kier alpha value is -3.52. The van der Waals surface area contributed by atoms with Crippen molar-refractivity contribution in [3.63, 3.8) is 0 Å². The van der Waals surface area contributed by atoms with E-state index in [-0.39, 0.29) is 11.8 Å². The summed E-state index contributed by atoms with van der Waals surface area (Å²) >= 11 is 1.59. The summed E-state index contributed by atoms with van der Waals surface area (Å²) in [6.07, 6.45) is 2.34. The van der Waals surface area contributed by atoms with Gasteiger partial charge in [0.2, 0.25) is 5.91 Å². The van der Waals surface area contributed by atoms with Crippen LogP contribution < -0.4 is 10.6 Å². The lowest BCUT2D eigenvalue weighted by Gasteiger charge is -2.35. The number of fused-ring (bicyclic) bond motifs is 1. The minimum absolute atomic E-state index is 0.309. The third-order valence-electron chi connectivity index (χ3n) is 6.65. The number of amides is 3. The Bertz CT molecular complexity index is 1370. The summed E-state index contributed by atoms with van der Waals surface area (Å²) < 4.78 is 5.47. The SMILES string of the molecule is CCCN(C(=O)C(CCSC)NC(=O)OC(C)(C)C)C(C(=O)Nc1ccc2ccccc2c1)c1cc(C)ccc1C. The van der Waals surface area contributed by atoms with Crippen LogP contribution in [0, 0.1) is 13.8 Å². The molecule has 8 heteroatoms. The molecule has 3 amide bonds. The van der Waals surface area contributed by atoms with Gasteiger partial charge < -0.3 is 20.3 Å². The molecule has 3 rings (SSSR count). The van der Waals surface area contributed by atoms with Crippen LogP contribution in [0.3, 0.4) is 0 Å². The van der Waals surface area contributed by atoms with Crippen molar-refractivity contribution in [2.75, 3.05) is 23.9 Å². The maximum Gasteiger partial charge on any atom is 0.408 e. The first-order valence-corrected chi connectivity index (χ1v) is 15.5.